The molecule has 0 saturated heterocycles. The summed E-state index contributed by atoms with van der Waals surface area (Å²) in [4.78, 5) is 15.5. The van der Waals surface area contributed by atoms with Crippen molar-refractivity contribution in [2.45, 2.75) is 82.3 Å². The minimum absolute atomic E-state index is 0. The molecular formula is C24H39O2SiZr. The minimum atomic E-state index is 0. The second-order valence-corrected chi connectivity index (χ2v) is 7.98. The van der Waals surface area contributed by atoms with Crippen LogP contribution in [0, 0.1) is 69.2 Å². The summed E-state index contributed by atoms with van der Waals surface area (Å²) >= 11 is 0. The van der Waals surface area contributed by atoms with Crippen LogP contribution in [0.2, 0.25) is 13.1 Å². The van der Waals surface area contributed by atoms with Gasteiger partial charge >= 0.3 is 26.2 Å². The fraction of sp³-hybridized carbons (Fsp3) is 0.500. The van der Waals surface area contributed by atoms with Crippen molar-refractivity contribution in [3.05, 3.63) is 55.6 Å². The third-order valence-electron chi connectivity index (χ3n) is 5.62. The zero-order valence-electron chi connectivity index (χ0n) is 20.0. The smallest absolute Gasteiger partial charge is 0.545 e. The molecule has 1 radical (unpaired) electrons. The largest absolute Gasteiger partial charge is 4.00 e. The second kappa shape index (κ2) is 18.2. The molecule has 28 heavy (non-hydrogen) atoms. The first kappa shape index (κ1) is 34.6. The Bertz CT molecular complexity index is 463. The third kappa shape index (κ3) is 9.56. The monoisotopic (exact) mass is 477 g/mol. The standard InChI is InChI=1S/2C10H15.C2H7Si.2CHO.Zr/c2*1-6-7(2)9(4)10(5)8(6)3;1-3-2;2*1-2;/h2*1-5H3;3H,1-2H3;2*1H;/q2*-1;;2*-1;+4. The third-order valence-corrected chi connectivity index (χ3v) is 5.62. The van der Waals surface area contributed by atoms with Crippen molar-refractivity contribution < 1.29 is 35.8 Å². The average molecular weight is 479 g/mol. The van der Waals surface area contributed by atoms with Crippen molar-refractivity contribution in [3.63, 3.8) is 0 Å². The molecule has 0 aliphatic rings. The molecule has 0 heterocycles. The first-order chi connectivity index (χ1) is 12.5. The van der Waals surface area contributed by atoms with Gasteiger partial charge in [-0.1, -0.05) is 82.3 Å². The Morgan fingerprint density at radius 1 is 0.536 bits per heavy atom. The maximum absolute atomic E-state index is 7.75. The molecule has 155 valence electrons. The quantitative estimate of drug-likeness (QED) is 0.270. The van der Waals surface area contributed by atoms with Crippen LogP contribution in [-0.4, -0.2) is 23.1 Å². The molecular weight excluding hydrogens is 440 g/mol. The summed E-state index contributed by atoms with van der Waals surface area (Å²) in [6.07, 6.45) is 0. The summed E-state index contributed by atoms with van der Waals surface area (Å²) in [6, 6.07) is 0. The van der Waals surface area contributed by atoms with Crippen LogP contribution in [0.15, 0.2) is 0 Å². The fourth-order valence-electron chi connectivity index (χ4n) is 2.81. The Kier molecular flexibility index (Phi) is 22.5. The number of hydrogen-bond acceptors (Lipinski definition) is 2. The number of carbonyl (C=O) groups excluding carboxylic acids is 2. The van der Waals surface area contributed by atoms with Gasteiger partial charge in [-0.2, -0.15) is 55.6 Å². The van der Waals surface area contributed by atoms with Gasteiger partial charge < -0.3 is 9.59 Å². The van der Waals surface area contributed by atoms with Gasteiger partial charge in [0.2, 0.25) is 0 Å². The molecule has 0 aliphatic heterocycles. The summed E-state index contributed by atoms with van der Waals surface area (Å²) < 4.78 is 0. The molecule has 0 amide bonds. The van der Waals surface area contributed by atoms with Crippen LogP contribution in [0.25, 0.3) is 0 Å². The van der Waals surface area contributed by atoms with Crippen molar-refractivity contribution in [2.24, 2.45) is 0 Å². The molecule has 4 heteroatoms. The summed E-state index contributed by atoms with van der Waals surface area (Å²) in [5.74, 6) is 0. The van der Waals surface area contributed by atoms with Gasteiger partial charge in [0, 0.05) is 9.52 Å². The summed E-state index contributed by atoms with van der Waals surface area (Å²) in [6.45, 7) is 32.9. The van der Waals surface area contributed by atoms with Crippen LogP contribution in [0.5, 0.6) is 0 Å². The Balaban J connectivity index is -0.000000152. The van der Waals surface area contributed by atoms with Crippen LogP contribution in [0.4, 0.5) is 0 Å². The van der Waals surface area contributed by atoms with Crippen LogP contribution in [-0.2, 0) is 35.8 Å². The van der Waals surface area contributed by atoms with Gasteiger partial charge in [0.1, 0.15) is 0 Å². The maximum Gasteiger partial charge on any atom is 4.00 e. The van der Waals surface area contributed by atoms with Crippen molar-refractivity contribution >= 4 is 23.1 Å². The first-order valence-electron chi connectivity index (χ1n) is 9.13. The predicted molar refractivity (Wildman–Crippen MR) is 124 cm³/mol. The Morgan fingerprint density at radius 2 is 0.643 bits per heavy atom. The number of rotatable bonds is 0. The molecule has 0 atom stereocenters. The topological polar surface area (TPSA) is 34.1 Å². The molecule has 0 N–H and O–H groups in total. The van der Waals surface area contributed by atoms with E-state index in [2.05, 4.69) is 95.9 Å². The van der Waals surface area contributed by atoms with Gasteiger partial charge in [0.25, 0.3) is 0 Å². The van der Waals surface area contributed by atoms with E-state index < -0.39 is 0 Å². The predicted octanol–water partition coefficient (Wildman–Crippen LogP) is 5.86. The normalized spacial score (nSPS) is 8.43. The molecule has 0 aromatic heterocycles. The van der Waals surface area contributed by atoms with E-state index in [4.69, 9.17) is 9.59 Å². The molecule has 0 fully saturated rings. The molecule has 2 rings (SSSR count). The molecule has 0 bridgehead atoms. The van der Waals surface area contributed by atoms with Crippen molar-refractivity contribution in [3.8, 4) is 0 Å². The molecule has 0 unspecified atom stereocenters. The zero-order valence-corrected chi connectivity index (χ0v) is 23.7. The average Bonchev–Trinajstić information content (AvgIpc) is 2.96. The van der Waals surface area contributed by atoms with E-state index in [0.29, 0.717) is 0 Å². The van der Waals surface area contributed by atoms with E-state index in [1.807, 2.05) is 0 Å². The van der Waals surface area contributed by atoms with Crippen LogP contribution < -0.4 is 0 Å². The van der Waals surface area contributed by atoms with E-state index >= 15 is 0 Å². The summed E-state index contributed by atoms with van der Waals surface area (Å²) in [5.41, 5.74) is 14.7. The van der Waals surface area contributed by atoms with Gasteiger partial charge in [-0.05, 0) is 0 Å². The van der Waals surface area contributed by atoms with Crippen molar-refractivity contribution in [2.75, 3.05) is 0 Å². The van der Waals surface area contributed by atoms with E-state index in [1.54, 1.807) is 0 Å². The zero-order chi connectivity index (χ0) is 22.5. The van der Waals surface area contributed by atoms with Gasteiger partial charge in [-0.15, -0.1) is 0 Å². The van der Waals surface area contributed by atoms with Crippen LogP contribution in [0.3, 0.4) is 0 Å². The summed E-state index contributed by atoms with van der Waals surface area (Å²) in [7, 11) is 0.750. The van der Waals surface area contributed by atoms with Gasteiger partial charge in [0.15, 0.2) is 0 Å². The van der Waals surface area contributed by atoms with E-state index in [0.717, 1.165) is 9.52 Å². The fourth-order valence-corrected chi connectivity index (χ4v) is 2.81. The SMILES string of the molecule is C[SiH]C.Cc1c(C)c(C)[c-](C)c1C.Cc1c(C)c(C)[c-](C)c1C.[CH-]=O.[CH-]=O.[Zr+4]. The van der Waals surface area contributed by atoms with Crippen molar-refractivity contribution in [1.82, 2.24) is 0 Å². The van der Waals surface area contributed by atoms with Crippen LogP contribution >= 0.6 is 0 Å². The molecule has 2 aromatic rings. The van der Waals surface area contributed by atoms with E-state index in [9.17, 15) is 0 Å². The molecule has 2 aromatic carbocycles. The van der Waals surface area contributed by atoms with Gasteiger partial charge in [-0.3, -0.25) is 13.6 Å². The Morgan fingerprint density at radius 3 is 0.679 bits per heavy atom. The Hall–Kier alpha value is -0.860. The van der Waals surface area contributed by atoms with Gasteiger partial charge in [0.05, 0.1) is 0 Å². The van der Waals surface area contributed by atoms with E-state index in [1.165, 1.54) is 55.6 Å². The van der Waals surface area contributed by atoms with E-state index in [-0.39, 0.29) is 26.2 Å². The van der Waals surface area contributed by atoms with Crippen LogP contribution in [0.1, 0.15) is 55.6 Å². The van der Waals surface area contributed by atoms with Crippen molar-refractivity contribution in [1.29, 1.82) is 0 Å². The molecule has 0 saturated carbocycles. The molecule has 0 aliphatic carbocycles. The molecule has 0 spiro atoms. The maximum atomic E-state index is 7.75. The minimum Gasteiger partial charge on any atom is -0.545 e. The van der Waals surface area contributed by atoms with Gasteiger partial charge in [-0.25, -0.2) is 0 Å². The number of hydrogen-bond donors (Lipinski definition) is 0. The second-order valence-electron chi connectivity index (χ2n) is 6.83. The first-order valence-corrected chi connectivity index (χ1v) is 11.4. The molecule has 2 nitrogen and oxygen atoms in total. The Labute approximate surface area is 196 Å². The summed E-state index contributed by atoms with van der Waals surface area (Å²) in [5, 5.41) is 0.